The van der Waals surface area contributed by atoms with Crippen LogP contribution in [0.2, 0.25) is 0 Å². The van der Waals surface area contributed by atoms with E-state index in [4.69, 9.17) is 0 Å². The van der Waals surface area contributed by atoms with Crippen LogP contribution in [0, 0.1) is 5.41 Å². The molecule has 0 fully saturated rings. The van der Waals surface area contributed by atoms with Gasteiger partial charge < -0.3 is 5.11 Å². The van der Waals surface area contributed by atoms with Crippen LogP contribution in [0.3, 0.4) is 0 Å². The van der Waals surface area contributed by atoms with Crippen molar-refractivity contribution in [2.75, 3.05) is 0 Å². The summed E-state index contributed by atoms with van der Waals surface area (Å²) in [5.74, 6) is 0.360. The minimum absolute atomic E-state index is 0.360. The van der Waals surface area contributed by atoms with E-state index >= 15 is 0 Å². The molecular formula is C19H32O. The molecule has 0 bridgehead atoms. The van der Waals surface area contributed by atoms with Gasteiger partial charge in [-0.25, -0.2) is 0 Å². The number of aromatic hydroxyl groups is 1. The first kappa shape index (κ1) is 17.1. The van der Waals surface area contributed by atoms with Crippen LogP contribution < -0.4 is 0 Å². The highest BCUT2D eigenvalue weighted by Crippen LogP contribution is 2.29. The molecule has 0 saturated carbocycles. The van der Waals surface area contributed by atoms with Gasteiger partial charge in [-0.1, -0.05) is 77.8 Å². The van der Waals surface area contributed by atoms with E-state index in [9.17, 15) is 5.11 Å². The number of phenolic OH excluding ortho intramolecular Hbond substituents is 1. The second kappa shape index (κ2) is 9.05. The lowest BCUT2D eigenvalue weighted by Gasteiger charge is -2.24. The van der Waals surface area contributed by atoms with Crippen molar-refractivity contribution in [2.24, 2.45) is 5.41 Å². The molecule has 1 aromatic carbocycles. The zero-order valence-electron chi connectivity index (χ0n) is 13.6. The molecular weight excluding hydrogens is 244 g/mol. The van der Waals surface area contributed by atoms with Gasteiger partial charge in [-0.2, -0.15) is 0 Å². The quantitative estimate of drug-likeness (QED) is 0.512. The highest BCUT2D eigenvalue weighted by atomic mass is 16.3. The zero-order valence-corrected chi connectivity index (χ0v) is 13.6. The number of rotatable bonds is 10. The molecule has 1 N–H and O–H groups in total. The van der Waals surface area contributed by atoms with Gasteiger partial charge in [0.2, 0.25) is 0 Å². The van der Waals surface area contributed by atoms with Crippen molar-refractivity contribution in [1.82, 2.24) is 0 Å². The molecule has 114 valence electrons. The summed E-state index contributed by atoms with van der Waals surface area (Å²) in [7, 11) is 0. The topological polar surface area (TPSA) is 20.2 Å². The lowest BCUT2D eigenvalue weighted by atomic mass is 9.81. The Kier molecular flexibility index (Phi) is 7.72. The Morgan fingerprint density at radius 2 is 1.40 bits per heavy atom. The van der Waals surface area contributed by atoms with E-state index in [2.05, 4.69) is 20.8 Å². The smallest absolute Gasteiger partial charge is 0.115 e. The van der Waals surface area contributed by atoms with Gasteiger partial charge in [0, 0.05) is 0 Å². The number of phenols is 1. The Morgan fingerprint density at radius 3 is 2.00 bits per heavy atom. The third kappa shape index (κ3) is 7.57. The first-order chi connectivity index (χ1) is 9.53. The first-order valence-corrected chi connectivity index (χ1v) is 8.31. The van der Waals surface area contributed by atoms with Gasteiger partial charge in [0.05, 0.1) is 0 Å². The Labute approximate surface area is 125 Å². The number of hydrogen-bond donors (Lipinski definition) is 1. The first-order valence-electron chi connectivity index (χ1n) is 8.31. The maximum atomic E-state index is 9.32. The van der Waals surface area contributed by atoms with Crippen LogP contribution in [0.25, 0.3) is 0 Å². The zero-order chi connectivity index (χ0) is 14.8. The highest BCUT2D eigenvalue weighted by Gasteiger charge is 2.17. The Balaban J connectivity index is 2.19. The number of benzene rings is 1. The summed E-state index contributed by atoms with van der Waals surface area (Å²) in [6, 6.07) is 7.67. The second-order valence-corrected chi connectivity index (χ2v) is 6.88. The molecule has 1 nitrogen and oxygen atoms in total. The van der Waals surface area contributed by atoms with Gasteiger partial charge in [-0.05, 0) is 36.0 Å². The summed E-state index contributed by atoms with van der Waals surface area (Å²) in [6.07, 6.45) is 12.1. The fourth-order valence-corrected chi connectivity index (χ4v) is 2.82. The molecule has 0 radical (unpaired) electrons. The van der Waals surface area contributed by atoms with E-state index in [1.807, 2.05) is 12.1 Å². The molecule has 0 atom stereocenters. The Bertz CT molecular complexity index is 351. The highest BCUT2D eigenvalue weighted by molar-refractivity contribution is 5.26. The van der Waals surface area contributed by atoms with Gasteiger partial charge in [-0.15, -0.1) is 0 Å². The molecule has 0 amide bonds. The van der Waals surface area contributed by atoms with E-state index in [1.54, 1.807) is 12.1 Å². The molecule has 0 saturated heterocycles. The Morgan fingerprint density at radius 1 is 0.850 bits per heavy atom. The van der Waals surface area contributed by atoms with Crippen molar-refractivity contribution in [3.05, 3.63) is 29.8 Å². The van der Waals surface area contributed by atoms with Crippen LogP contribution in [0.1, 0.15) is 77.7 Å². The van der Waals surface area contributed by atoms with E-state index in [0.717, 1.165) is 6.42 Å². The predicted molar refractivity (Wildman–Crippen MR) is 88.2 cm³/mol. The molecule has 0 aromatic heterocycles. The predicted octanol–water partition coefficient (Wildman–Crippen LogP) is 6.10. The number of unbranched alkanes of at least 4 members (excludes halogenated alkanes) is 6. The van der Waals surface area contributed by atoms with Crippen LogP contribution in [0.4, 0.5) is 0 Å². The SMILES string of the molecule is CCCCCCCCCC(C)(C)Cc1ccc(O)cc1. The summed E-state index contributed by atoms with van der Waals surface area (Å²) in [4.78, 5) is 0. The minimum atomic E-state index is 0.360. The van der Waals surface area contributed by atoms with Crippen molar-refractivity contribution in [2.45, 2.75) is 78.6 Å². The van der Waals surface area contributed by atoms with Crippen molar-refractivity contribution in [1.29, 1.82) is 0 Å². The van der Waals surface area contributed by atoms with Crippen molar-refractivity contribution in [3.63, 3.8) is 0 Å². The lowest BCUT2D eigenvalue weighted by Crippen LogP contribution is -2.14. The summed E-state index contributed by atoms with van der Waals surface area (Å²) in [6.45, 7) is 6.99. The standard InChI is InChI=1S/C19H32O/c1-4-5-6-7-8-9-10-15-19(2,3)16-17-11-13-18(20)14-12-17/h11-14,20H,4-10,15-16H2,1-3H3. The maximum absolute atomic E-state index is 9.32. The molecule has 0 heterocycles. The molecule has 0 aliphatic heterocycles. The van der Waals surface area contributed by atoms with E-state index in [-0.39, 0.29) is 0 Å². The molecule has 1 heteroatoms. The average Bonchev–Trinajstić information content (AvgIpc) is 2.40. The van der Waals surface area contributed by atoms with Crippen molar-refractivity contribution < 1.29 is 5.11 Å². The van der Waals surface area contributed by atoms with Crippen LogP contribution in [0.5, 0.6) is 5.75 Å². The van der Waals surface area contributed by atoms with E-state index < -0.39 is 0 Å². The molecule has 1 rings (SSSR count). The van der Waals surface area contributed by atoms with Gasteiger partial charge in [-0.3, -0.25) is 0 Å². The van der Waals surface area contributed by atoms with Crippen molar-refractivity contribution in [3.8, 4) is 5.75 Å². The van der Waals surface area contributed by atoms with Crippen molar-refractivity contribution >= 4 is 0 Å². The van der Waals surface area contributed by atoms with Gasteiger partial charge >= 0.3 is 0 Å². The fourth-order valence-electron chi connectivity index (χ4n) is 2.82. The van der Waals surface area contributed by atoms with E-state index in [0.29, 0.717) is 11.2 Å². The van der Waals surface area contributed by atoms with Crippen LogP contribution in [-0.2, 0) is 6.42 Å². The largest absolute Gasteiger partial charge is 0.508 e. The van der Waals surface area contributed by atoms with Gasteiger partial charge in [0.1, 0.15) is 5.75 Å². The maximum Gasteiger partial charge on any atom is 0.115 e. The minimum Gasteiger partial charge on any atom is -0.508 e. The molecule has 20 heavy (non-hydrogen) atoms. The average molecular weight is 276 g/mol. The monoisotopic (exact) mass is 276 g/mol. The normalized spacial score (nSPS) is 11.8. The molecule has 1 aromatic rings. The van der Waals surface area contributed by atoms with Gasteiger partial charge in [0.15, 0.2) is 0 Å². The summed E-state index contributed by atoms with van der Waals surface area (Å²) >= 11 is 0. The van der Waals surface area contributed by atoms with Crippen LogP contribution in [0.15, 0.2) is 24.3 Å². The van der Waals surface area contributed by atoms with Gasteiger partial charge in [0.25, 0.3) is 0 Å². The third-order valence-corrected chi connectivity index (χ3v) is 4.08. The van der Waals surface area contributed by atoms with Crippen LogP contribution in [-0.4, -0.2) is 5.11 Å². The fraction of sp³-hybridized carbons (Fsp3) is 0.684. The molecule has 0 aliphatic rings. The molecule has 0 spiro atoms. The number of hydrogen-bond acceptors (Lipinski definition) is 1. The summed E-state index contributed by atoms with van der Waals surface area (Å²) in [5.41, 5.74) is 1.69. The second-order valence-electron chi connectivity index (χ2n) is 6.88. The Hall–Kier alpha value is -0.980. The third-order valence-electron chi connectivity index (χ3n) is 4.08. The van der Waals surface area contributed by atoms with E-state index in [1.165, 1.54) is 56.9 Å². The summed E-state index contributed by atoms with van der Waals surface area (Å²) in [5, 5.41) is 9.32. The molecule has 0 aliphatic carbocycles. The summed E-state index contributed by atoms with van der Waals surface area (Å²) < 4.78 is 0. The molecule has 0 unspecified atom stereocenters. The van der Waals surface area contributed by atoms with Crippen LogP contribution >= 0.6 is 0 Å². The lowest BCUT2D eigenvalue weighted by molar-refractivity contribution is 0.316.